The highest BCUT2D eigenvalue weighted by Gasteiger charge is 2.24. The van der Waals surface area contributed by atoms with Crippen LogP contribution in [0.2, 0.25) is 0 Å². The van der Waals surface area contributed by atoms with Gasteiger partial charge in [0.15, 0.2) is 0 Å². The number of rotatable bonds is 2. The van der Waals surface area contributed by atoms with E-state index in [1.165, 1.54) is 0 Å². The second-order valence-corrected chi connectivity index (χ2v) is 5.98. The maximum atomic E-state index is 12.5. The molecule has 1 aromatic heterocycles. The summed E-state index contributed by atoms with van der Waals surface area (Å²) in [7, 11) is 0. The molecule has 100 valence electrons. The Hall–Kier alpha value is -1.49. The molecule has 1 amide bonds. The summed E-state index contributed by atoms with van der Waals surface area (Å²) in [6.07, 6.45) is 1.77. The van der Waals surface area contributed by atoms with Crippen LogP contribution in [-0.4, -0.2) is 45.0 Å². The zero-order chi connectivity index (χ0) is 13.2. The minimum Gasteiger partial charge on any atom is -0.339 e. The number of carbonyl (C=O) groups is 1. The zero-order valence-electron chi connectivity index (χ0n) is 11.0. The molecule has 19 heavy (non-hydrogen) atoms. The number of amides is 1. The van der Waals surface area contributed by atoms with Crippen LogP contribution >= 0.6 is 11.8 Å². The van der Waals surface area contributed by atoms with Crippen molar-refractivity contribution in [2.75, 3.05) is 24.6 Å². The molecule has 0 saturated carbocycles. The first kappa shape index (κ1) is 12.5. The normalized spacial score (nSPS) is 17.6. The number of imidazole rings is 1. The van der Waals surface area contributed by atoms with Gasteiger partial charge in [0, 0.05) is 24.6 Å². The van der Waals surface area contributed by atoms with Gasteiger partial charge in [0.2, 0.25) is 5.91 Å². The van der Waals surface area contributed by atoms with Crippen molar-refractivity contribution in [3.05, 3.63) is 30.6 Å². The van der Waals surface area contributed by atoms with Crippen LogP contribution in [0.25, 0.3) is 11.0 Å². The SMILES string of the molecule is C[C@@H](C(=O)N1CCSCC1)n1cnc2ccccc21. The molecule has 4 nitrogen and oxygen atoms in total. The van der Waals surface area contributed by atoms with Crippen molar-refractivity contribution in [1.29, 1.82) is 0 Å². The lowest BCUT2D eigenvalue weighted by Crippen LogP contribution is -2.41. The van der Waals surface area contributed by atoms with Gasteiger partial charge in [0.25, 0.3) is 0 Å². The Kier molecular flexibility index (Phi) is 3.46. The van der Waals surface area contributed by atoms with Gasteiger partial charge in [0.05, 0.1) is 17.4 Å². The molecule has 0 radical (unpaired) electrons. The predicted octanol–water partition coefficient (Wildman–Crippen LogP) is 2.17. The summed E-state index contributed by atoms with van der Waals surface area (Å²) < 4.78 is 1.97. The Labute approximate surface area is 116 Å². The third-order valence-electron chi connectivity index (χ3n) is 3.58. The van der Waals surface area contributed by atoms with Gasteiger partial charge < -0.3 is 9.47 Å². The van der Waals surface area contributed by atoms with E-state index in [2.05, 4.69) is 4.98 Å². The summed E-state index contributed by atoms with van der Waals surface area (Å²) in [5.41, 5.74) is 1.96. The van der Waals surface area contributed by atoms with Crippen LogP contribution in [0, 0.1) is 0 Å². The number of hydrogen-bond acceptors (Lipinski definition) is 3. The molecule has 0 spiro atoms. The average Bonchev–Trinajstić information content (AvgIpc) is 2.90. The van der Waals surface area contributed by atoms with Crippen LogP contribution in [-0.2, 0) is 4.79 Å². The lowest BCUT2D eigenvalue weighted by Gasteiger charge is -2.29. The smallest absolute Gasteiger partial charge is 0.245 e. The molecule has 0 N–H and O–H groups in total. The molecule has 0 aliphatic carbocycles. The van der Waals surface area contributed by atoms with Gasteiger partial charge in [-0.1, -0.05) is 12.1 Å². The first-order chi connectivity index (χ1) is 9.27. The summed E-state index contributed by atoms with van der Waals surface area (Å²) >= 11 is 1.91. The molecular weight excluding hydrogens is 258 g/mol. The van der Waals surface area contributed by atoms with Gasteiger partial charge in [-0.25, -0.2) is 4.98 Å². The fourth-order valence-electron chi connectivity index (χ4n) is 2.45. The maximum Gasteiger partial charge on any atom is 0.245 e. The molecule has 0 unspecified atom stereocenters. The van der Waals surface area contributed by atoms with Crippen LogP contribution in [0.4, 0.5) is 0 Å². The number of thioether (sulfide) groups is 1. The monoisotopic (exact) mass is 275 g/mol. The quantitative estimate of drug-likeness (QED) is 0.843. The van der Waals surface area contributed by atoms with Gasteiger partial charge in [-0.05, 0) is 19.1 Å². The number of para-hydroxylation sites is 2. The molecule has 2 heterocycles. The van der Waals surface area contributed by atoms with Gasteiger partial charge in [-0.2, -0.15) is 11.8 Å². The highest BCUT2D eigenvalue weighted by atomic mass is 32.2. The van der Waals surface area contributed by atoms with E-state index >= 15 is 0 Å². The van der Waals surface area contributed by atoms with E-state index in [1.54, 1.807) is 6.33 Å². The number of hydrogen-bond donors (Lipinski definition) is 0. The van der Waals surface area contributed by atoms with E-state index in [0.29, 0.717) is 0 Å². The Morgan fingerprint density at radius 1 is 1.32 bits per heavy atom. The number of benzene rings is 1. The first-order valence-corrected chi connectivity index (χ1v) is 7.71. The van der Waals surface area contributed by atoms with E-state index in [-0.39, 0.29) is 11.9 Å². The number of nitrogens with zero attached hydrogens (tertiary/aromatic N) is 3. The van der Waals surface area contributed by atoms with E-state index in [9.17, 15) is 4.79 Å². The second-order valence-electron chi connectivity index (χ2n) is 4.75. The fourth-order valence-corrected chi connectivity index (χ4v) is 3.36. The predicted molar refractivity (Wildman–Crippen MR) is 78.3 cm³/mol. The second kappa shape index (κ2) is 5.25. The lowest BCUT2D eigenvalue weighted by atomic mass is 10.2. The summed E-state index contributed by atoms with van der Waals surface area (Å²) in [6, 6.07) is 7.75. The van der Waals surface area contributed by atoms with E-state index in [0.717, 1.165) is 35.6 Å². The first-order valence-electron chi connectivity index (χ1n) is 6.55. The lowest BCUT2D eigenvalue weighted by molar-refractivity contribution is -0.133. The number of aromatic nitrogens is 2. The Balaban J connectivity index is 1.86. The van der Waals surface area contributed by atoms with Crippen molar-refractivity contribution in [3.63, 3.8) is 0 Å². The van der Waals surface area contributed by atoms with Crippen molar-refractivity contribution < 1.29 is 4.79 Å². The third-order valence-corrected chi connectivity index (χ3v) is 4.52. The van der Waals surface area contributed by atoms with Crippen LogP contribution in [0.5, 0.6) is 0 Å². The molecule has 1 aliphatic heterocycles. The van der Waals surface area contributed by atoms with Gasteiger partial charge >= 0.3 is 0 Å². The molecule has 1 aromatic carbocycles. The Bertz CT molecular complexity index is 589. The maximum absolute atomic E-state index is 12.5. The topological polar surface area (TPSA) is 38.1 Å². The van der Waals surface area contributed by atoms with Crippen molar-refractivity contribution >= 4 is 28.7 Å². The summed E-state index contributed by atoms with van der Waals surface area (Å²) in [5.74, 6) is 2.29. The highest BCUT2D eigenvalue weighted by molar-refractivity contribution is 7.99. The molecule has 5 heteroatoms. The minimum atomic E-state index is -0.185. The van der Waals surface area contributed by atoms with E-state index in [1.807, 2.05) is 52.4 Å². The number of carbonyl (C=O) groups excluding carboxylic acids is 1. The summed E-state index contributed by atoms with van der Waals surface area (Å²) in [4.78, 5) is 18.8. The fraction of sp³-hybridized carbons (Fsp3) is 0.429. The van der Waals surface area contributed by atoms with Gasteiger partial charge in [-0.15, -0.1) is 0 Å². The number of fused-ring (bicyclic) bond motifs is 1. The molecule has 1 aliphatic rings. The summed E-state index contributed by atoms with van der Waals surface area (Å²) in [5, 5.41) is 0. The summed E-state index contributed by atoms with van der Waals surface area (Å²) in [6.45, 7) is 3.68. The van der Waals surface area contributed by atoms with Crippen LogP contribution < -0.4 is 0 Å². The third kappa shape index (κ3) is 2.34. The Morgan fingerprint density at radius 3 is 2.84 bits per heavy atom. The molecule has 1 fully saturated rings. The average molecular weight is 275 g/mol. The zero-order valence-corrected chi connectivity index (χ0v) is 11.8. The molecular formula is C14H17N3OS. The van der Waals surface area contributed by atoms with Crippen LogP contribution in [0.1, 0.15) is 13.0 Å². The van der Waals surface area contributed by atoms with Crippen molar-refractivity contribution in [2.24, 2.45) is 0 Å². The Morgan fingerprint density at radius 2 is 2.05 bits per heavy atom. The van der Waals surface area contributed by atoms with Crippen LogP contribution in [0.3, 0.4) is 0 Å². The molecule has 1 saturated heterocycles. The van der Waals surface area contributed by atoms with E-state index in [4.69, 9.17) is 0 Å². The minimum absolute atomic E-state index is 0.185. The van der Waals surface area contributed by atoms with Crippen molar-refractivity contribution in [1.82, 2.24) is 14.5 Å². The van der Waals surface area contributed by atoms with Crippen molar-refractivity contribution in [2.45, 2.75) is 13.0 Å². The highest BCUT2D eigenvalue weighted by Crippen LogP contribution is 2.20. The largest absolute Gasteiger partial charge is 0.339 e. The molecule has 3 rings (SSSR count). The molecule has 1 atom stereocenters. The molecule has 0 bridgehead atoms. The standard InChI is InChI=1S/C14H17N3OS/c1-11(14(18)16-6-8-19-9-7-16)17-10-15-12-4-2-3-5-13(12)17/h2-5,10-11H,6-9H2,1H3/t11-/m0/s1. The van der Waals surface area contributed by atoms with Gasteiger partial charge in [-0.3, -0.25) is 4.79 Å². The van der Waals surface area contributed by atoms with Gasteiger partial charge in [0.1, 0.15) is 6.04 Å². The van der Waals surface area contributed by atoms with E-state index < -0.39 is 0 Å². The van der Waals surface area contributed by atoms with Crippen molar-refractivity contribution in [3.8, 4) is 0 Å². The van der Waals surface area contributed by atoms with Crippen LogP contribution in [0.15, 0.2) is 30.6 Å². The molecule has 2 aromatic rings.